The molecule has 18 heavy (non-hydrogen) atoms. The molecule has 1 aromatic heterocycles. The Balaban J connectivity index is 2.83. The van der Waals surface area contributed by atoms with Gasteiger partial charge in [0.05, 0.1) is 22.8 Å². The molecule has 2 N–H and O–H groups in total. The number of carbonyl (C=O) groups is 1. The second kappa shape index (κ2) is 5.80. The summed E-state index contributed by atoms with van der Waals surface area (Å²) in [7, 11) is 0. The summed E-state index contributed by atoms with van der Waals surface area (Å²) in [6.45, 7) is 9.60. The Labute approximate surface area is 112 Å². The molecule has 0 saturated carbocycles. The topological polar surface area (TPSA) is 62.2 Å². The number of aliphatic hydroxyl groups is 1. The van der Waals surface area contributed by atoms with Crippen molar-refractivity contribution < 1.29 is 9.90 Å². The van der Waals surface area contributed by atoms with Gasteiger partial charge in [-0.1, -0.05) is 13.8 Å². The van der Waals surface area contributed by atoms with Crippen LogP contribution in [0.3, 0.4) is 0 Å². The molecule has 0 aliphatic heterocycles. The second-order valence-corrected chi connectivity index (χ2v) is 6.70. The second-order valence-electron chi connectivity index (χ2n) is 5.62. The summed E-state index contributed by atoms with van der Waals surface area (Å²) in [6, 6.07) is 0. The molecule has 0 spiro atoms. The van der Waals surface area contributed by atoms with Gasteiger partial charge in [-0.2, -0.15) is 0 Å². The molecule has 1 amide bonds. The van der Waals surface area contributed by atoms with Gasteiger partial charge < -0.3 is 10.4 Å². The Morgan fingerprint density at radius 2 is 2.11 bits per heavy atom. The van der Waals surface area contributed by atoms with Crippen molar-refractivity contribution in [3.05, 3.63) is 15.6 Å². The molecule has 5 heteroatoms. The summed E-state index contributed by atoms with van der Waals surface area (Å²) in [5.41, 5.74) is 0.160. The minimum absolute atomic E-state index is 0.0879. The standard InChI is InChI=1S/C13H22N2O2S/c1-8(2)6-10-14-9(3)11(18-10)12(17)15-13(4,5)7-16/h8,16H,6-7H2,1-5H3,(H,15,17). The van der Waals surface area contributed by atoms with E-state index in [1.807, 2.05) is 6.92 Å². The molecule has 102 valence electrons. The average molecular weight is 270 g/mol. The van der Waals surface area contributed by atoms with E-state index >= 15 is 0 Å². The zero-order valence-corrected chi connectivity index (χ0v) is 12.5. The van der Waals surface area contributed by atoms with Crippen molar-refractivity contribution in [1.82, 2.24) is 10.3 Å². The maximum atomic E-state index is 12.1. The summed E-state index contributed by atoms with van der Waals surface area (Å²) in [5, 5.41) is 13.0. The van der Waals surface area contributed by atoms with Gasteiger partial charge in [0, 0.05) is 6.42 Å². The van der Waals surface area contributed by atoms with Crippen molar-refractivity contribution in [3.8, 4) is 0 Å². The Kier molecular flexibility index (Phi) is 4.87. The molecule has 0 radical (unpaired) electrons. The lowest BCUT2D eigenvalue weighted by molar-refractivity contribution is 0.0872. The number of hydrogen-bond acceptors (Lipinski definition) is 4. The minimum atomic E-state index is -0.605. The van der Waals surface area contributed by atoms with Gasteiger partial charge in [-0.3, -0.25) is 4.79 Å². The number of hydrogen-bond donors (Lipinski definition) is 2. The number of rotatable bonds is 5. The van der Waals surface area contributed by atoms with Crippen LogP contribution in [0.15, 0.2) is 0 Å². The first-order valence-electron chi connectivity index (χ1n) is 6.15. The normalized spacial score (nSPS) is 11.9. The molecule has 4 nitrogen and oxygen atoms in total. The SMILES string of the molecule is Cc1nc(CC(C)C)sc1C(=O)NC(C)(C)CO. The Hall–Kier alpha value is -0.940. The van der Waals surface area contributed by atoms with Gasteiger partial charge in [0.15, 0.2) is 0 Å². The van der Waals surface area contributed by atoms with Crippen LogP contribution < -0.4 is 5.32 Å². The zero-order valence-electron chi connectivity index (χ0n) is 11.7. The van der Waals surface area contributed by atoms with E-state index in [0.29, 0.717) is 10.8 Å². The van der Waals surface area contributed by atoms with Gasteiger partial charge in [0.1, 0.15) is 4.88 Å². The van der Waals surface area contributed by atoms with Crippen molar-refractivity contribution in [2.75, 3.05) is 6.61 Å². The number of nitrogens with zero attached hydrogens (tertiary/aromatic N) is 1. The van der Waals surface area contributed by atoms with Crippen LogP contribution in [-0.2, 0) is 6.42 Å². The minimum Gasteiger partial charge on any atom is -0.394 e. The maximum absolute atomic E-state index is 12.1. The predicted molar refractivity (Wildman–Crippen MR) is 74.0 cm³/mol. The van der Waals surface area contributed by atoms with Crippen molar-refractivity contribution >= 4 is 17.2 Å². The fraction of sp³-hybridized carbons (Fsp3) is 0.692. The average Bonchev–Trinajstić information content (AvgIpc) is 2.58. The largest absolute Gasteiger partial charge is 0.394 e. The van der Waals surface area contributed by atoms with E-state index in [9.17, 15) is 4.79 Å². The van der Waals surface area contributed by atoms with E-state index < -0.39 is 5.54 Å². The monoisotopic (exact) mass is 270 g/mol. The van der Waals surface area contributed by atoms with Crippen LogP contribution in [0.4, 0.5) is 0 Å². The van der Waals surface area contributed by atoms with Crippen LogP contribution >= 0.6 is 11.3 Å². The number of nitrogens with one attached hydrogen (secondary N) is 1. The van der Waals surface area contributed by atoms with Gasteiger partial charge in [-0.15, -0.1) is 11.3 Å². The van der Waals surface area contributed by atoms with Gasteiger partial charge in [0.25, 0.3) is 5.91 Å². The van der Waals surface area contributed by atoms with Gasteiger partial charge in [0.2, 0.25) is 0 Å². The third-order valence-electron chi connectivity index (χ3n) is 2.48. The first kappa shape index (κ1) is 15.1. The van der Waals surface area contributed by atoms with E-state index in [-0.39, 0.29) is 12.5 Å². The molecule has 0 fully saturated rings. The number of aromatic nitrogens is 1. The highest BCUT2D eigenvalue weighted by Crippen LogP contribution is 2.21. The molecule has 0 aliphatic carbocycles. The molecule has 1 heterocycles. The number of carbonyl (C=O) groups excluding carboxylic acids is 1. The Bertz CT molecular complexity index is 425. The summed E-state index contributed by atoms with van der Waals surface area (Å²) in [5.74, 6) is 0.374. The van der Waals surface area contributed by atoms with Crippen LogP contribution in [-0.4, -0.2) is 28.1 Å². The zero-order chi connectivity index (χ0) is 13.9. The van der Waals surface area contributed by atoms with E-state index in [1.165, 1.54) is 11.3 Å². The lowest BCUT2D eigenvalue weighted by Crippen LogP contribution is -2.46. The summed E-state index contributed by atoms with van der Waals surface area (Å²) in [6.07, 6.45) is 0.891. The number of amides is 1. The van der Waals surface area contributed by atoms with Crippen LogP contribution in [0, 0.1) is 12.8 Å². The van der Waals surface area contributed by atoms with E-state index in [1.54, 1.807) is 13.8 Å². The molecule has 0 aliphatic rings. The molecule has 0 aromatic carbocycles. The molecule has 0 bridgehead atoms. The van der Waals surface area contributed by atoms with Gasteiger partial charge in [-0.25, -0.2) is 4.98 Å². The lowest BCUT2D eigenvalue weighted by Gasteiger charge is -2.22. The third kappa shape index (κ3) is 4.07. The highest BCUT2D eigenvalue weighted by Gasteiger charge is 2.23. The Morgan fingerprint density at radius 3 is 2.61 bits per heavy atom. The van der Waals surface area contributed by atoms with Crippen molar-refractivity contribution in [1.29, 1.82) is 0 Å². The van der Waals surface area contributed by atoms with Crippen molar-refractivity contribution in [2.24, 2.45) is 5.92 Å². The number of aliphatic hydroxyl groups excluding tert-OH is 1. The van der Waals surface area contributed by atoms with Crippen LogP contribution in [0.1, 0.15) is 48.1 Å². The number of thiazole rings is 1. The molecule has 0 unspecified atom stereocenters. The number of aryl methyl sites for hydroxylation is 1. The molecule has 1 aromatic rings. The van der Waals surface area contributed by atoms with Gasteiger partial charge >= 0.3 is 0 Å². The molecule has 0 atom stereocenters. The van der Waals surface area contributed by atoms with E-state index in [2.05, 4.69) is 24.1 Å². The fourth-order valence-electron chi connectivity index (χ4n) is 1.50. The third-order valence-corrected chi connectivity index (χ3v) is 3.66. The van der Waals surface area contributed by atoms with Crippen LogP contribution in [0.5, 0.6) is 0 Å². The van der Waals surface area contributed by atoms with Gasteiger partial charge in [-0.05, 0) is 26.7 Å². The molecular weight excluding hydrogens is 248 g/mol. The molecule has 1 rings (SSSR count). The van der Waals surface area contributed by atoms with Crippen LogP contribution in [0.2, 0.25) is 0 Å². The van der Waals surface area contributed by atoms with E-state index in [0.717, 1.165) is 17.1 Å². The van der Waals surface area contributed by atoms with Crippen molar-refractivity contribution in [3.63, 3.8) is 0 Å². The summed E-state index contributed by atoms with van der Waals surface area (Å²) < 4.78 is 0. The quantitative estimate of drug-likeness (QED) is 0.862. The maximum Gasteiger partial charge on any atom is 0.263 e. The first-order chi connectivity index (χ1) is 8.25. The summed E-state index contributed by atoms with van der Waals surface area (Å²) >= 11 is 1.44. The summed E-state index contributed by atoms with van der Waals surface area (Å²) in [4.78, 5) is 17.2. The molecule has 0 saturated heterocycles. The highest BCUT2D eigenvalue weighted by molar-refractivity contribution is 7.13. The first-order valence-corrected chi connectivity index (χ1v) is 6.96. The van der Waals surface area contributed by atoms with Crippen molar-refractivity contribution in [2.45, 2.75) is 46.6 Å². The van der Waals surface area contributed by atoms with E-state index in [4.69, 9.17) is 5.11 Å². The van der Waals surface area contributed by atoms with Crippen LogP contribution in [0.25, 0.3) is 0 Å². The Morgan fingerprint density at radius 1 is 1.50 bits per heavy atom. The molecular formula is C13H22N2O2S. The highest BCUT2D eigenvalue weighted by atomic mass is 32.1. The lowest BCUT2D eigenvalue weighted by atomic mass is 10.1. The smallest absolute Gasteiger partial charge is 0.263 e. The predicted octanol–water partition coefficient (Wildman–Crippen LogP) is 2.15. The fourth-order valence-corrected chi connectivity index (χ4v) is 2.68.